The van der Waals surface area contributed by atoms with Crippen molar-refractivity contribution >= 4 is 33.7 Å². The second kappa shape index (κ2) is 9.66. The molecule has 0 bridgehead atoms. The number of morpholine rings is 1. The summed E-state index contributed by atoms with van der Waals surface area (Å²) in [5.74, 6) is -0.356. The molecule has 3 heterocycles. The van der Waals surface area contributed by atoms with Gasteiger partial charge in [0.1, 0.15) is 5.54 Å². The van der Waals surface area contributed by atoms with Crippen molar-refractivity contribution in [2.45, 2.75) is 5.54 Å². The summed E-state index contributed by atoms with van der Waals surface area (Å²) in [6.45, 7) is 2.65. The molecule has 4 aromatic carbocycles. The quantitative estimate of drug-likeness (QED) is 0.285. The van der Waals surface area contributed by atoms with E-state index in [-0.39, 0.29) is 5.82 Å². The average molecular weight is 530 g/mol. The van der Waals surface area contributed by atoms with E-state index < -0.39 is 11.5 Å². The fourth-order valence-corrected chi connectivity index (χ4v) is 5.87. The molecule has 0 amide bonds. The van der Waals surface area contributed by atoms with Crippen LogP contribution in [0.4, 0.5) is 5.82 Å². The molecule has 40 heavy (non-hydrogen) atoms. The first-order chi connectivity index (χ1) is 19.7. The van der Waals surface area contributed by atoms with Crippen LogP contribution in [0.2, 0.25) is 0 Å². The molecule has 0 radical (unpaired) electrons. The molecule has 2 N–H and O–H groups in total. The predicted octanol–water partition coefficient (Wildman–Crippen LogP) is 5.29. The third-order valence-electron chi connectivity index (χ3n) is 7.67. The summed E-state index contributed by atoms with van der Waals surface area (Å²) < 4.78 is 7.76. The van der Waals surface area contributed by atoms with E-state index in [0.29, 0.717) is 37.3 Å². The first-order valence-electron chi connectivity index (χ1n) is 13.3. The Morgan fingerprint density at radius 3 is 1.90 bits per heavy atom. The van der Waals surface area contributed by atoms with Crippen molar-refractivity contribution < 1.29 is 14.6 Å². The molecule has 0 saturated carbocycles. The molecule has 0 spiro atoms. The van der Waals surface area contributed by atoms with Crippen LogP contribution in [0, 0.1) is 0 Å². The lowest BCUT2D eigenvalue weighted by atomic mass is 9.77. The van der Waals surface area contributed by atoms with Crippen molar-refractivity contribution in [2.24, 2.45) is 0 Å². The highest BCUT2D eigenvalue weighted by atomic mass is 16.5. The SMILES string of the molecule is O=C(O)c1nc2cc3c(N4CCOCC4)nn(C(c4ccccc4)(c4ccccc4)c4ccccc4)c3cc2[nH]1. The number of hydrogen-bond donors (Lipinski definition) is 2. The fourth-order valence-electron chi connectivity index (χ4n) is 5.87. The van der Waals surface area contributed by atoms with Gasteiger partial charge in [-0.1, -0.05) is 91.0 Å². The molecule has 2 aromatic heterocycles. The van der Waals surface area contributed by atoms with E-state index in [1.54, 1.807) is 0 Å². The minimum absolute atomic E-state index is 0.0875. The maximum absolute atomic E-state index is 11.8. The second-order valence-electron chi connectivity index (χ2n) is 9.92. The van der Waals surface area contributed by atoms with Gasteiger partial charge in [-0.25, -0.2) is 14.5 Å². The number of ether oxygens (including phenoxy) is 1. The van der Waals surface area contributed by atoms with Crippen LogP contribution >= 0.6 is 0 Å². The number of imidazole rings is 1. The second-order valence-corrected chi connectivity index (χ2v) is 9.92. The number of fused-ring (bicyclic) bond motifs is 2. The zero-order chi connectivity index (χ0) is 27.1. The Bertz CT molecular complexity index is 1710. The summed E-state index contributed by atoms with van der Waals surface area (Å²) in [5.41, 5.74) is 4.44. The molecule has 1 fully saturated rings. The van der Waals surface area contributed by atoms with E-state index in [2.05, 4.69) is 92.3 Å². The topological polar surface area (TPSA) is 96.3 Å². The van der Waals surface area contributed by atoms with Gasteiger partial charge in [0, 0.05) is 18.5 Å². The van der Waals surface area contributed by atoms with Gasteiger partial charge in [0.05, 0.1) is 29.8 Å². The number of rotatable bonds is 6. The summed E-state index contributed by atoms with van der Waals surface area (Å²) in [6.07, 6.45) is 0. The van der Waals surface area contributed by atoms with E-state index in [1.165, 1.54) is 0 Å². The van der Waals surface area contributed by atoms with E-state index in [0.717, 1.165) is 33.4 Å². The number of H-pyrrole nitrogens is 1. The molecule has 1 aliphatic rings. The third kappa shape index (κ3) is 3.76. The Labute approximate surface area is 230 Å². The van der Waals surface area contributed by atoms with Crippen LogP contribution in [0.15, 0.2) is 103 Å². The number of carboxylic acid groups (broad SMARTS) is 1. The summed E-state index contributed by atoms with van der Waals surface area (Å²) in [6, 6.07) is 35.1. The van der Waals surface area contributed by atoms with Crippen molar-refractivity contribution in [3.05, 3.63) is 126 Å². The van der Waals surface area contributed by atoms with Crippen LogP contribution in [-0.2, 0) is 10.3 Å². The molecule has 1 aliphatic heterocycles. The maximum Gasteiger partial charge on any atom is 0.371 e. The Morgan fingerprint density at radius 2 is 1.38 bits per heavy atom. The highest BCUT2D eigenvalue weighted by molar-refractivity contribution is 6.01. The number of aromatic nitrogens is 4. The van der Waals surface area contributed by atoms with Gasteiger partial charge in [-0.3, -0.25) is 0 Å². The maximum atomic E-state index is 11.8. The standard InChI is InChI=1S/C32H27N5O3/c38-31(39)29-33-26-20-25-28(21-27(26)34-29)37(35-30(25)36-16-18-40-19-17-36)32(22-10-4-1-5-11-22,23-12-6-2-7-13-23)24-14-8-3-9-15-24/h1-15,20-21H,16-19H2,(H,33,34)(H,38,39). The molecule has 0 aliphatic carbocycles. The van der Waals surface area contributed by atoms with Crippen molar-refractivity contribution in [1.29, 1.82) is 0 Å². The largest absolute Gasteiger partial charge is 0.475 e. The molecule has 0 atom stereocenters. The Morgan fingerprint density at radius 1 is 0.825 bits per heavy atom. The summed E-state index contributed by atoms with van der Waals surface area (Å²) in [7, 11) is 0. The molecular formula is C32H27N5O3. The predicted molar refractivity (Wildman–Crippen MR) is 154 cm³/mol. The number of benzene rings is 4. The van der Waals surface area contributed by atoms with Crippen LogP contribution in [0.1, 0.15) is 27.3 Å². The molecule has 8 nitrogen and oxygen atoms in total. The van der Waals surface area contributed by atoms with Gasteiger partial charge in [0.15, 0.2) is 5.82 Å². The van der Waals surface area contributed by atoms with Crippen LogP contribution in [0.3, 0.4) is 0 Å². The zero-order valence-corrected chi connectivity index (χ0v) is 21.7. The van der Waals surface area contributed by atoms with Gasteiger partial charge in [0.25, 0.3) is 0 Å². The van der Waals surface area contributed by atoms with Crippen molar-refractivity contribution in [1.82, 2.24) is 19.7 Å². The van der Waals surface area contributed by atoms with Gasteiger partial charge in [-0.2, -0.15) is 5.10 Å². The number of aromatic carboxylic acids is 1. The molecule has 0 unspecified atom stereocenters. The third-order valence-corrected chi connectivity index (χ3v) is 7.67. The minimum Gasteiger partial charge on any atom is -0.475 e. The van der Waals surface area contributed by atoms with Crippen LogP contribution in [0.25, 0.3) is 21.9 Å². The zero-order valence-electron chi connectivity index (χ0n) is 21.7. The number of carboxylic acids is 1. The van der Waals surface area contributed by atoms with E-state index in [9.17, 15) is 9.90 Å². The molecule has 8 heteroatoms. The van der Waals surface area contributed by atoms with Gasteiger partial charge in [-0.05, 0) is 28.8 Å². The first-order valence-corrected chi connectivity index (χ1v) is 13.3. The lowest BCUT2D eigenvalue weighted by molar-refractivity contribution is 0.0685. The fraction of sp³-hybridized carbons (Fsp3) is 0.156. The van der Waals surface area contributed by atoms with Gasteiger partial charge in [0.2, 0.25) is 5.82 Å². The summed E-state index contributed by atoms with van der Waals surface area (Å²) in [4.78, 5) is 21.4. The first kappa shape index (κ1) is 24.1. The van der Waals surface area contributed by atoms with Gasteiger partial charge in [-0.15, -0.1) is 0 Å². The van der Waals surface area contributed by atoms with Crippen molar-refractivity contribution in [3.63, 3.8) is 0 Å². The number of nitrogens with zero attached hydrogens (tertiary/aromatic N) is 4. The monoisotopic (exact) mass is 529 g/mol. The van der Waals surface area contributed by atoms with Crippen LogP contribution in [-0.4, -0.2) is 57.1 Å². The number of anilines is 1. The van der Waals surface area contributed by atoms with E-state index >= 15 is 0 Å². The number of nitrogens with one attached hydrogen (secondary N) is 1. The highest BCUT2D eigenvalue weighted by Crippen LogP contribution is 2.44. The normalized spacial score (nSPS) is 14.2. The van der Waals surface area contributed by atoms with Crippen LogP contribution < -0.4 is 4.90 Å². The lowest BCUT2D eigenvalue weighted by Gasteiger charge is -2.37. The number of hydrogen-bond acceptors (Lipinski definition) is 5. The summed E-state index contributed by atoms with van der Waals surface area (Å²) >= 11 is 0. The lowest BCUT2D eigenvalue weighted by Crippen LogP contribution is -2.40. The Balaban J connectivity index is 1.63. The molecule has 6 aromatic rings. The van der Waals surface area contributed by atoms with Crippen molar-refractivity contribution in [3.8, 4) is 0 Å². The minimum atomic E-state index is -1.09. The molecule has 198 valence electrons. The van der Waals surface area contributed by atoms with Crippen LogP contribution in [0.5, 0.6) is 0 Å². The molecular weight excluding hydrogens is 502 g/mol. The Hall–Kier alpha value is -4.95. The average Bonchev–Trinajstić information content (AvgIpc) is 3.60. The molecule has 7 rings (SSSR count). The number of aromatic amines is 1. The van der Waals surface area contributed by atoms with E-state index in [1.807, 2.05) is 30.3 Å². The molecule has 1 saturated heterocycles. The van der Waals surface area contributed by atoms with Crippen molar-refractivity contribution in [2.75, 3.05) is 31.2 Å². The highest BCUT2D eigenvalue weighted by Gasteiger charge is 2.41. The van der Waals surface area contributed by atoms with Gasteiger partial charge < -0.3 is 19.7 Å². The van der Waals surface area contributed by atoms with E-state index in [4.69, 9.17) is 9.84 Å². The van der Waals surface area contributed by atoms with Gasteiger partial charge >= 0.3 is 5.97 Å². The summed E-state index contributed by atoms with van der Waals surface area (Å²) in [5, 5.41) is 15.9. The Kier molecular flexibility index (Phi) is 5.82. The smallest absolute Gasteiger partial charge is 0.371 e. The number of carbonyl (C=O) groups is 1.